The Kier molecular flexibility index (Phi) is 4.13. The Balaban J connectivity index is 1.92. The maximum absolute atomic E-state index is 11.7. The molecular formula is C15H16N2O2. The van der Waals surface area contributed by atoms with E-state index in [-0.39, 0.29) is 17.6 Å². The zero-order valence-electron chi connectivity index (χ0n) is 11.0. The summed E-state index contributed by atoms with van der Waals surface area (Å²) in [7, 11) is 0. The molecule has 1 aromatic carbocycles. The fraction of sp³-hybridized carbons (Fsp3) is 0.200. The Labute approximate surface area is 112 Å². The van der Waals surface area contributed by atoms with E-state index in [1.165, 1.54) is 0 Å². The Morgan fingerprint density at radius 2 is 2.00 bits per heavy atom. The molecule has 1 atom stereocenters. The molecule has 2 aromatic rings. The summed E-state index contributed by atoms with van der Waals surface area (Å²) >= 11 is 0. The average Bonchev–Trinajstić information content (AvgIpc) is 2.86. The molecule has 0 aliphatic rings. The maximum Gasteiger partial charge on any atom is 0.307 e. The first-order valence-corrected chi connectivity index (χ1v) is 6.11. The smallest absolute Gasteiger partial charge is 0.307 e. The number of nitrogens with zero attached hydrogens (tertiary/aromatic N) is 1. The molecule has 1 aromatic heterocycles. The van der Waals surface area contributed by atoms with Crippen LogP contribution in [0.15, 0.2) is 52.0 Å². The van der Waals surface area contributed by atoms with Crippen LogP contribution in [0.25, 0.3) is 0 Å². The molecule has 2 rings (SSSR count). The molecule has 0 fully saturated rings. The number of benzene rings is 1. The van der Waals surface area contributed by atoms with Gasteiger partial charge in [0.05, 0.1) is 0 Å². The number of rotatable bonds is 4. The van der Waals surface area contributed by atoms with Crippen molar-refractivity contribution in [1.29, 1.82) is 0 Å². The lowest BCUT2D eigenvalue weighted by molar-refractivity contribution is 0.0926. The van der Waals surface area contributed by atoms with Crippen LogP contribution in [0.2, 0.25) is 0 Å². The molecule has 1 N–H and O–H groups in total. The summed E-state index contributed by atoms with van der Waals surface area (Å²) in [4.78, 5) is 11.7. The van der Waals surface area contributed by atoms with Crippen LogP contribution in [0.4, 0.5) is 0 Å². The van der Waals surface area contributed by atoms with Crippen LogP contribution in [0, 0.1) is 6.92 Å². The van der Waals surface area contributed by atoms with Gasteiger partial charge in [-0.15, -0.1) is 0 Å². The number of aryl methyl sites for hydroxylation is 1. The first-order valence-electron chi connectivity index (χ1n) is 6.11. The lowest BCUT2D eigenvalue weighted by atomic mass is 10.0. The first-order chi connectivity index (χ1) is 9.16. The van der Waals surface area contributed by atoms with Gasteiger partial charge in [-0.2, -0.15) is 5.10 Å². The Hall–Kier alpha value is -2.36. The second kappa shape index (κ2) is 6.00. The highest BCUT2D eigenvalue weighted by molar-refractivity contribution is 5.91. The molecular weight excluding hydrogens is 240 g/mol. The van der Waals surface area contributed by atoms with E-state index < -0.39 is 0 Å². The van der Waals surface area contributed by atoms with Crippen molar-refractivity contribution in [2.45, 2.75) is 19.8 Å². The van der Waals surface area contributed by atoms with Crippen molar-refractivity contribution >= 4 is 12.1 Å². The Bertz CT molecular complexity index is 573. The van der Waals surface area contributed by atoms with E-state index in [0.717, 1.165) is 5.56 Å². The van der Waals surface area contributed by atoms with Crippen LogP contribution in [0.1, 0.15) is 34.7 Å². The monoisotopic (exact) mass is 256 g/mol. The summed E-state index contributed by atoms with van der Waals surface area (Å²) in [6.45, 7) is 3.81. The van der Waals surface area contributed by atoms with Crippen molar-refractivity contribution in [3.05, 3.63) is 59.5 Å². The number of carbonyl (C=O) groups is 1. The normalized spacial score (nSPS) is 12.5. The van der Waals surface area contributed by atoms with Crippen LogP contribution in [0.3, 0.4) is 0 Å². The number of amides is 1. The van der Waals surface area contributed by atoms with Crippen LogP contribution in [-0.4, -0.2) is 12.1 Å². The van der Waals surface area contributed by atoms with Crippen molar-refractivity contribution < 1.29 is 9.21 Å². The number of carbonyl (C=O) groups excluding carboxylic acids is 1. The highest BCUT2D eigenvalue weighted by Gasteiger charge is 2.08. The summed E-state index contributed by atoms with van der Waals surface area (Å²) in [5, 5.41) is 3.95. The summed E-state index contributed by atoms with van der Waals surface area (Å²) < 4.78 is 5.20. The number of hydrogen-bond acceptors (Lipinski definition) is 3. The summed E-state index contributed by atoms with van der Waals surface area (Å²) in [5.41, 5.74) is 3.60. The van der Waals surface area contributed by atoms with Crippen molar-refractivity contribution in [2.24, 2.45) is 5.10 Å². The molecule has 0 spiro atoms. The molecule has 19 heavy (non-hydrogen) atoms. The third-order valence-corrected chi connectivity index (χ3v) is 2.75. The highest BCUT2D eigenvalue weighted by atomic mass is 16.3. The zero-order chi connectivity index (χ0) is 13.7. The van der Waals surface area contributed by atoms with E-state index in [4.69, 9.17) is 4.42 Å². The van der Waals surface area contributed by atoms with Crippen molar-refractivity contribution in [3.8, 4) is 0 Å². The van der Waals surface area contributed by atoms with Crippen LogP contribution < -0.4 is 5.43 Å². The second-order valence-corrected chi connectivity index (χ2v) is 4.33. The molecule has 1 heterocycles. The van der Waals surface area contributed by atoms with Gasteiger partial charge in [0.1, 0.15) is 5.76 Å². The van der Waals surface area contributed by atoms with E-state index in [1.807, 2.05) is 37.3 Å². The largest absolute Gasteiger partial charge is 0.456 e. The molecule has 0 bridgehead atoms. The Morgan fingerprint density at radius 3 is 2.63 bits per heavy atom. The van der Waals surface area contributed by atoms with Gasteiger partial charge in [0.25, 0.3) is 0 Å². The van der Waals surface area contributed by atoms with Gasteiger partial charge in [0.2, 0.25) is 0 Å². The third-order valence-electron chi connectivity index (χ3n) is 2.75. The average molecular weight is 256 g/mol. The van der Waals surface area contributed by atoms with Crippen molar-refractivity contribution in [1.82, 2.24) is 5.43 Å². The van der Waals surface area contributed by atoms with E-state index in [0.29, 0.717) is 5.76 Å². The van der Waals surface area contributed by atoms with Crippen LogP contribution in [0.5, 0.6) is 0 Å². The molecule has 1 unspecified atom stereocenters. The van der Waals surface area contributed by atoms with E-state index in [1.54, 1.807) is 25.3 Å². The van der Waals surface area contributed by atoms with Crippen molar-refractivity contribution in [3.63, 3.8) is 0 Å². The molecule has 0 saturated heterocycles. The third kappa shape index (κ3) is 3.55. The van der Waals surface area contributed by atoms with Gasteiger partial charge in [-0.1, -0.05) is 37.3 Å². The second-order valence-electron chi connectivity index (χ2n) is 4.33. The predicted molar refractivity (Wildman–Crippen MR) is 74.3 cm³/mol. The molecule has 98 valence electrons. The highest BCUT2D eigenvalue weighted by Crippen LogP contribution is 2.11. The van der Waals surface area contributed by atoms with E-state index in [2.05, 4.69) is 10.5 Å². The predicted octanol–water partition coefficient (Wildman–Crippen LogP) is 3.11. The molecule has 0 aliphatic heterocycles. The first kappa shape index (κ1) is 13.1. The number of hydrazone groups is 1. The molecule has 0 aliphatic carbocycles. The van der Waals surface area contributed by atoms with Crippen LogP contribution >= 0.6 is 0 Å². The SMILES string of the molecule is Cc1ccc(C(=O)NN=CC(C)c2ccccc2)o1. The van der Waals surface area contributed by atoms with Gasteiger partial charge in [0, 0.05) is 12.1 Å². The van der Waals surface area contributed by atoms with Gasteiger partial charge in [-0.05, 0) is 24.6 Å². The van der Waals surface area contributed by atoms with Gasteiger partial charge < -0.3 is 4.42 Å². The fourth-order valence-corrected chi connectivity index (χ4v) is 1.66. The minimum absolute atomic E-state index is 0.139. The number of furan rings is 1. The minimum Gasteiger partial charge on any atom is -0.456 e. The van der Waals surface area contributed by atoms with E-state index >= 15 is 0 Å². The number of hydrogen-bond donors (Lipinski definition) is 1. The van der Waals surface area contributed by atoms with Gasteiger partial charge in [-0.3, -0.25) is 4.79 Å². The van der Waals surface area contributed by atoms with Gasteiger partial charge >= 0.3 is 5.91 Å². The summed E-state index contributed by atoms with van der Waals surface area (Å²) in [5.74, 6) is 0.762. The van der Waals surface area contributed by atoms with Crippen LogP contribution in [-0.2, 0) is 0 Å². The molecule has 0 radical (unpaired) electrons. The fourth-order valence-electron chi connectivity index (χ4n) is 1.66. The maximum atomic E-state index is 11.7. The molecule has 4 heteroatoms. The van der Waals surface area contributed by atoms with E-state index in [9.17, 15) is 4.79 Å². The van der Waals surface area contributed by atoms with Crippen molar-refractivity contribution in [2.75, 3.05) is 0 Å². The lowest BCUT2D eigenvalue weighted by Gasteiger charge is -2.04. The lowest BCUT2D eigenvalue weighted by Crippen LogP contribution is -2.17. The topological polar surface area (TPSA) is 54.6 Å². The quantitative estimate of drug-likeness (QED) is 0.675. The zero-order valence-corrected chi connectivity index (χ0v) is 11.0. The standard InChI is InChI=1S/C15H16N2O2/c1-11(13-6-4-3-5-7-13)10-16-17-15(18)14-9-8-12(2)19-14/h3-11H,1-2H3,(H,17,18). The molecule has 1 amide bonds. The summed E-state index contributed by atoms with van der Waals surface area (Å²) in [6, 6.07) is 13.3. The minimum atomic E-state index is -0.343. The van der Waals surface area contributed by atoms with Gasteiger partial charge in [0.15, 0.2) is 5.76 Å². The molecule has 0 saturated carbocycles. The Morgan fingerprint density at radius 1 is 1.26 bits per heavy atom. The molecule has 4 nitrogen and oxygen atoms in total. The summed E-state index contributed by atoms with van der Waals surface area (Å²) in [6.07, 6.45) is 1.70. The number of nitrogens with one attached hydrogen (secondary N) is 1. The van der Waals surface area contributed by atoms with Gasteiger partial charge in [-0.25, -0.2) is 5.43 Å².